The van der Waals surface area contributed by atoms with Crippen LogP contribution in [0.4, 0.5) is 26.3 Å². The fraction of sp³-hybridized carbons (Fsp3) is 0.241. The van der Waals surface area contributed by atoms with Gasteiger partial charge in [-0.3, -0.25) is 0 Å². The molecule has 0 fully saturated rings. The van der Waals surface area contributed by atoms with E-state index in [0.29, 0.717) is 39.8 Å². The average Bonchev–Trinajstić information content (AvgIpc) is 2.86. The Labute approximate surface area is 210 Å². The molecule has 0 aromatic heterocycles. The van der Waals surface area contributed by atoms with Crippen molar-refractivity contribution >= 4 is 10.8 Å². The first-order valence-corrected chi connectivity index (χ1v) is 11.8. The van der Waals surface area contributed by atoms with Crippen LogP contribution in [0.15, 0.2) is 60.7 Å². The molecule has 0 heterocycles. The van der Waals surface area contributed by atoms with E-state index in [1.165, 1.54) is 6.07 Å². The lowest BCUT2D eigenvalue weighted by atomic mass is 9.97. The molecule has 0 aliphatic rings. The predicted octanol–water partition coefficient (Wildman–Crippen LogP) is 8.63. The first-order chi connectivity index (χ1) is 17.8. The summed E-state index contributed by atoms with van der Waals surface area (Å²) in [4.78, 5) is 0. The van der Waals surface area contributed by atoms with Crippen LogP contribution < -0.4 is 9.47 Å². The van der Waals surface area contributed by atoms with Gasteiger partial charge >= 0.3 is 6.61 Å². The summed E-state index contributed by atoms with van der Waals surface area (Å²) in [5, 5.41) is 0.881. The number of unbranched alkanes of at least 4 members (excludes halogenated alkanes) is 1. The van der Waals surface area contributed by atoms with E-state index in [2.05, 4.69) is 4.74 Å². The van der Waals surface area contributed by atoms with Gasteiger partial charge in [-0.15, -0.1) is 0 Å². The van der Waals surface area contributed by atoms with Crippen molar-refractivity contribution in [1.29, 1.82) is 0 Å². The third kappa shape index (κ3) is 6.18. The standard InChI is InChI=1S/C29H24F6O2/c1-2-3-12-36-21-9-11-22(24(30)16-21)19-8-10-23-20(15-19)7-6-18(27(23)33)5-4-17-13-25(31)28(26(32)14-17)37-29(34)35/h6-11,13-16,29H,2-5,12H2,1H3. The predicted molar refractivity (Wildman–Crippen MR) is 130 cm³/mol. The number of benzene rings is 4. The maximum Gasteiger partial charge on any atom is 0.387 e. The molecule has 4 aromatic rings. The molecule has 0 aliphatic heterocycles. The van der Waals surface area contributed by atoms with Gasteiger partial charge < -0.3 is 9.47 Å². The summed E-state index contributed by atoms with van der Waals surface area (Å²) in [5.74, 6) is -4.16. The van der Waals surface area contributed by atoms with Crippen molar-refractivity contribution in [3.63, 3.8) is 0 Å². The van der Waals surface area contributed by atoms with Gasteiger partial charge in [0.05, 0.1) is 6.61 Å². The highest BCUT2D eigenvalue weighted by molar-refractivity contribution is 5.88. The van der Waals surface area contributed by atoms with Gasteiger partial charge in [-0.2, -0.15) is 8.78 Å². The molecule has 0 bridgehead atoms. The first-order valence-electron chi connectivity index (χ1n) is 11.8. The highest BCUT2D eigenvalue weighted by Gasteiger charge is 2.17. The van der Waals surface area contributed by atoms with E-state index in [1.54, 1.807) is 42.5 Å². The SMILES string of the molecule is CCCCOc1ccc(-c2ccc3c(F)c(CCc4cc(F)c(OC(F)F)c(F)c4)ccc3c2)c(F)c1. The van der Waals surface area contributed by atoms with E-state index in [4.69, 9.17) is 4.74 Å². The highest BCUT2D eigenvalue weighted by atomic mass is 19.3. The normalized spacial score (nSPS) is 11.4. The molecule has 4 aromatic carbocycles. The van der Waals surface area contributed by atoms with Crippen molar-refractivity contribution in [1.82, 2.24) is 0 Å². The van der Waals surface area contributed by atoms with E-state index in [-0.39, 0.29) is 18.4 Å². The minimum Gasteiger partial charge on any atom is -0.493 e. The van der Waals surface area contributed by atoms with Crippen molar-refractivity contribution in [2.75, 3.05) is 6.61 Å². The van der Waals surface area contributed by atoms with Crippen molar-refractivity contribution < 1.29 is 35.8 Å². The van der Waals surface area contributed by atoms with Crippen LogP contribution in [0.5, 0.6) is 11.5 Å². The topological polar surface area (TPSA) is 18.5 Å². The lowest BCUT2D eigenvalue weighted by molar-refractivity contribution is -0.0546. The second kappa shape index (κ2) is 11.6. The molecule has 2 nitrogen and oxygen atoms in total. The molecule has 4 rings (SSSR count). The number of hydrogen-bond donors (Lipinski definition) is 0. The largest absolute Gasteiger partial charge is 0.493 e. The van der Waals surface area contributed by atoms with Gasteiger partial charge in [0, 0.05) is 17.0 Å². The first kappa shape index (κ1) is 26.4. The summed E-state index contributed by atoms with van der Waals surface area (Å²) >= 11 is 0. The van der Waals surface area contributed by atoms with Crippen LogP contribution in [-0.4, -0.2) is 13.2 Å². The number of aryl methyl sites for hydroxylation is 2. The zero-order chi connectivity index (χ0) is 26.5. The van der Waals surface area contributed by atoms with E-state index in [0.717, 1.165) is 25.0 Å². The molecule has 0 atom stereocenters. The molecule has 0 spiro atoms. The average molecular weight is 518 g/mol. The molecule has 194 valence electrons. The molecule has 0 amide bonds. The molecular formula is C29H24F6O2. The van der Waals surface area contributed by atoms with Crippen molar-refractivity contribution in [2.24, 2.45) is 0 Å². The number of rotatable bonds is 10. The molecule has 8 heteroatoms. The number of fused-ring (bicyclic) bond motifs is 1. The lowest BCUT2D eigenvalue weighted by Gasteiger charge is -2.12. The van der Waals surface area contributed by atoms with E-state index < -0.39 is 35.6 Å². The summed E-state index contributed by atoms with van der Waals surface area (Å²) in [6.07, 6.45) is 2.03. The summed E-state index contributed by atoms with van der Waals surface area (Å²) in [7, 11) is 0. The Balaban J connectivity index is 1.52. The Morgan fingerprint density at radius 2 is 1.54 bits per heavy atom. The van der Waals surface area contributed by atoms with Crippen LogP contribution in [0.3, 0.4) is 0 Å². The van der Waals surface area contributed by atoms with Crippen molar-refractivity contribution in [3.05, 3.63) is 95.1 Å². The molecule has 0 radical (unpaired) electrons. The molecule has 0 N–H and O–H groups in total. The van der Waals surface area contributed by atoms with Crippen LogP contribution in [0.2, 0.25) is 0 Å². The third-order valence-corrected chi connectivity index (χ3v) is 6.00. The summed E-state index contributed by atoms with van der Waals surface area (Å²) in [5.41, 5.74) is 1.42. The van der Waals surface area contributed by atoms with Gasteiger partial charge in [0.15, 0.2) is 17.4 Å². The molecule has 0 aliphatic carbocycles. The van der Waals surface area contributed by atoms with Crippen LogP contribution in [0, 0.1) is 23.3 Å². The van der Waals surface area contributed by atoms with Crippen molar-refractivity contribution in [2.45, 2.75) is 39.2 Å². The van der Waals surface area contributed by atoms with Gasteiger partial charge in [-0.25, -0.2) is 17.6 Å². The van der Waals surface area contributed by atoms with E-state index in [1.807, 2.05) is 6.92 Å². The number of hydrogen-bond acceptors (Lipinski definition) is 2. The zero-order valence-corrected chi connectivity index (χ0v) is 20.0. The highest BCUT2D eigenvalue weighted by Crippen LogP contribution is 2.31. The zero-order valence-electron chi connectivity index (χ0n) is 20.0. The van der Waals surface area contributed by atoms with Crippen LogP contribution in [0.1, 0.15) is 30.9 Å². The van der Waals surface area contributed by atoms with E-state index >= 15 is 4.39 Å². The summed E-state index contributed by atoms with van der Waals surface area (Å²) in [6, 6.07) is 14.5. The van der Waals surface area contributed by atoms with Gasteiger partial charge in [0.2, 0.25) is 0 Å². The number of alkyl halides is 2. The minimum atomic E-state index is -3.36. The third-order valence-electron chi connectivity index (χ3n) is 6.00. The fourth-order valence-corrected chi connectivity index (χ4v) is 4.09. The van der Waals surface area contributed by atoms with Gasteiger partial charge in [-0.1, -0.05) is 37.6 Å². The Kier molecular flexibility index (Phi) is 8.26. The Bertz CT molecular complexity index is 1380. The molecule has 37 heavy (non-hydrogen) atoms. The Morgan fingerprint density at radius 1 is 0.784 bits per heavy atom. The van der Waals surface area contributed by atoms with Gasteiger partial charge in [0.25, 0.3) is 0 Å². The van der Waals surface area contributed by atoms with Crippen LogP contribution in [0.25, 0.3) is 21.9 Å². The Hall–Kier alpha value is -3.68. The fourth-order valence-electron chi connectivity index (χ4n) is 4.09. The maximum absolute atomic E-state index is 15.2. The number of ether oxygens (including phenoxy) is 2. The van der Waals surface area contributed by atoms with Crippen LogP contribution >= 0.6 is 0 Å². The Morgan fingerprint density at radius 3 is 2.22 bits per heavy atom. The van der Waals surface area contributed by atoms with E-state index in [9.17, 15) is 22.0 Å². The lowest BCUT2D eigenvalue weighted by Crippen LogP contribution is -2.06. The quantitative estimate of drug-likeness (QED) is 0.155. The molecular weight excluding hydrogens is 494 g/mol. The van der Waals surface area contributed by atoms with Crippen molar-refractivity contribution in [3.8, 4) is 22.6 Å². The summed E-state index contributed by atoms with van der Waals surface area (Å²) in [6.45, 7) is -0.812. The smallest absolute Gasteiger partial charge is 0.387 e. The molecule has 0 unspecified atom stereocenters. The molecule has 0 saturated heterocycles. The van der Waals surface area contributed by atoms with Gasteiger partial charge in [0.1, 0.15) is 17.4 Å². The summed E-state index contributed by atoms with van der Waals surface area (Å²) < 4.78 is 91.9. The second-order valence-corrected chi connectivity index (χ2v) is 8.59. The maximum atomic E-state index is 15.2. The van der Waals surface area contributed by atoms with Gasteiger partial charge in [-0.05, 0) is 71.7 Å². The number of halogens is 6. The minimum absolute atomic E-state index is 0.0706. The molecule has 0 saturated carbocycles. The monoisotopic (exact) mass is 518 g/mol. The van der Waals surface area contributed by atoms with Crippen LogP contribution in [-0.2, 0) is 12.8 Å². The second-order valence-electron chi connectivity index (χ2n) is 8.59.